The fourth-order valence-electron chi connectivity index (χ4n) is 2.79. The molecule has 0 amide bonds. The van der Waals surface area contributed by atoms with Crippen LogP contribution in [0.3, 0.4) is 0 Å². The van der Waals surface area contributed by atoms with E-state index in [9.17, 15) is 0 Å². The molecule has 2 heterocycles. The molecule has 2 aromatic heterocycles. The second-order valence-corrected chi connectivity index (χ2v) is 5.36. The molecule has 0 saturated carbocycles. The topological polar surface area (TPSA) is 43.0 Å². The molecule has 1 aromatic carbocycles. The molecule has 3 aromatic rings. The number of para-hydroxylation sites is 1. The Morgan fingerprint density at radius 2 is 2.05 bits per heavy atom. The van der Waals surface area contributed by atoms with E-state index in [4.69, 9.17) is 4.42 Å². The van der Waals surface area contributed by atoms with E-state index in [1.54, 1.807) is 0 Å². The van der Waals surface area contributed by atoms with Crippen LogP contribution < -0.4 is 5.32 Å². The van der Waals surface area contributed by atoms with Gasteiger partial charge in [0.2, 0.25) is 0 Å². The predicted octanol–water partition coefficient (Wildman–Crippen LogP) is 3.33. The van der Waals surface area contributed by atoms with Gasteiger partial charge in [-0.05, 0) is 19.4 Å². The minimum Gasteiger partial charge on any atom is -0.461 e. The average molecular weight is 283 g/mol. The van der Waals surface area contributed by atoms with Crippen LogP contribution in [0.2, 0.25) is 0 Å². The first-order chi connectivity index (χ1) is 10.2. The van der Waals surface area contributed by atoms with Gasteiger partial charge in [-0.15, -0.1) is 0 Å². The molecular formula is C17H21N3O. The monoisotopic (exact) mass is 283 g/mol. The van der Waals surface area contributed by atoms with Crippen molar-refractivity contribution in [3.63, 3.8) is 0 Å². The highest BCUT2D eigenvalue weighted by molar-refractivity contribution is 5.82. The average Bonchev–Trinajstić information content (AvgIpc) is 2.99. The fourth-order valence-corrected chi connectivity index (χ4v) is 2.79. The number of aromatic nitrogens is 2. The van der Waals surface area contributed by atoms with Gasteiger partial charge in [0.05, 0.1) is 5.69 Å². The van der Waals surface area contributed by atoms with Crippen LogP contribution in [0, 0.1) is 6.92 Å². The van der Waals surface area contributed by atoms with Gasteiger partial charge in [-0.3, -0.25) is 4.68 Å². The highest BCUT2D eigenvalue weighted by Gasteiger charge is 2.11. The maximum atomic E-state index is 5.79. The van der Waals surface area contributed by atoms with Crippen molar-refractivity contribution < 1.29 is 4.42 Å². The SMILES string of the molecule is CCc1nn(C)cc1CNCc1c(C)oc2ccccc12. The van der Waals surface area contributed by atoms with E-state index < -0.39 is 0 Å². The van der Waals surface area contributed by atoms with E-state index in [1.165, 1.54) is 22.2 Å². The lowest BCUT2D eigenvalue weighted by Crippen LogP contribution is -2.13. The van der Waals surface area contributed by atoms with Crippen LogP contribution in [-0.4, -0.2) is 9.78 Å². The van der Waals surface area contributed by atoms with Crippen LogP contribution in [0.25, 0.3) is 11.0 Å². The van der Waals surface area contributed by atoms with E-state index in [0.29, 0.717) is 0 Å². The Morgan fingerprint density at radius 3 is 2.86 bits per heavy atom. The number of hydrogen-bond acceptors (Lipinski definition) is 3. The Hall–Kier alpha value is -2.07. The van der Waals surface area contributed by atoms with E-state index in [1.807, 2.05) is 30.8 Å². The summed E-state index contributed by atoms with van der Waals surface area (Å²) in [7, 11) is 1.97. The number of nitrogens with one attached hydrogen (secondary N) is 1. The molecule has 110 valence electrons. The Morgan fingerprint density at radius 1 is 1.24 bits per heavy atom. The first-order valence-electron chi connectivity index (χ1n) is 7.38. The van der Waals surface area contributed by atoms with E-state index >= 15 is 0 Å². The molecule has 0 aliphatic rings. The van der Waals surface area contributed by atoms with Crippen LogP contribution in [0.5, 0.6) is 0 Å². The molecule has 0 saturated heterocycles. The zero-order valence-electron chi connectivity index (χ0n) is 12.8. The van der Waals surface area contributed by atoms with Gasteiger partial charge < -0.3 is 9.73 Å². The van der Waals surface area contributed by atoms with Gasteiger partial charge in [-0.2, -0.15) is 5.10 Å². The van der Waals surface area contributed by atoms with Gasteiger partial charge >= 0.3 is 0 Å². The fraction of sp³-hybridized carbons (Fsp3) is 0.353. The van der Waals surface area contributed by atoms with Crippen molar-refractivity contribution in [2.45, 2.75) is 33.4 Å². The number of furan rings is 1. The lowest BCUT2D eigenvalue weighted by molar-refractivity contribution is 0.565. The number of fused-ring (bicyclic) bond motifs is 1. The minimum absolute atomic E-state index is 0.806. The van der Waals surface area contributed by atoms with Crippen molar-refractivity contribution in [2.24, 2.45) is 7.05 Å². The first kappa shape index (κ1) is 13.9. The van der Waals surface area contributed by atoms with Crippen LogP contribution in [0.1, 0.15) is 29.5 Å². The molecule has 1 N–H and O–H groups in total. The summed E-state index contributed by atoms with van der Waals surface area (Å²) < 4.78 is 7.68. The zero-order valence-corrected chi connectivity index (χ0v) is 12.8. The molecule has 4 nitrogen and oxygen atoms in total. The Labute approximate surface area is 124 Å². The van der Waals surface area contributed by atoms with Gasteiger partial charge in [0, 0.05) is 42.8 Å². The smallest absolute Gasteiger partial charge is 0.134 e. The molecule has 4 heteroatoms. The predicted molar refractivity (Wildman–Crippen MR) is 84.1 cm³/mol. The van der Waals surface area contributed by atoms with E-state index in [2.05, 4.69) is 35.7 Å². The lowest BCUT2D eigenvalue weighted by atomic mass is 10.1. The van der Waals surface area contributed by atoms with Crippen LogP contribution in [0.15, 0.2) is 34.9 Å². The molecule has 0 atom stereocenters. The normalized spacial score (nSPS) is 11.4. The van der Waals surface area contributed by atoms with Crippen molar-refractivity contribution in [3.8, 4) is 0 Å². The Bertz CT molecular complexity index is 755. The number of hydrogen-bond donors (Lipinski definition) is 1. The molecular weight excluding hydrogens is 262 g/mol. The van der Waals surface area contributed by atoms with Gasteiger partial charge in [-0.25, -0.2) is 0 Å². The molecule has 0 unspecified atom stereocenters. The zero-order chi connectivity index (χ0) is 14.8. The molecule has 21 heavy (non-hydrogen) atoms. The van der Waals surface area contributed by atoms with Crippen molar-refractivity contribution in [1.82, 2.24) is 15.1 Å². The molecule has 0 aliphatic heterocycles. The van der Waals surface area contributed by atoms with Gasteiger partial charge in [-0.1, -0.05) is 25.1 Å². The maximum Gasteiger partial charge on any atom is 0.134 e. The third-order valence-corrected chi connectivity index (χ3v) is 3.84. The van der Waals surface area contributed by atoms with Crippen LogP contribution in [-0.2, 0) is 26.6 Å². The van der Waals surface area contributed by atoms with Crippen LogP contribution >= 0.6 is 0 Å². The number of aryl methyl sites for hydroxylation is 3. The summed E-state index contributed by atoms with van der Waals surface area (Å²) in [5.41, 5.74) is 4.64. The lowest BCUT2D eigenvalue weighted by Gasteiger charge is -2.04. The van der Waals surface area contributed by atoms with Gasteiger partial charge in [0.25, 0.3) is 0 Å². The number of nitrogens with zero attached hydrogens (tertiary/aromatic N) is 2. The highest BCUT2D eigenvalue weighted by Crippen LogP contribution is 2.25. The van der Waals surface area contributed by atoms with E-state index in [0.717, 1.165) is 30.9 Å². The van der Waals surface area contributed by atoms with Crippen molar-refractivity contribution in [1.29, 1.82) is 0 Å². The summed E-state index contributed by atoms with van der Waals surface area (Å²) in [5.74, 6) is 0.991. The molecule has 3 rings (SSSR count). The number of rotatable bonds is 5. The summed E-state index contributed by atoms with van der Waals surface area (Å²) in [6.07, 6.45) is 3.05. The minimum atomic E-state index is 0.806. The third kappa shape index (κ3) is 2.72. The van der Waals surface area contributed by atoms with Crippen LogP contribution in [0.4, 0.5) is 0 Å². The first-order valence-corrected chi connectivity index (χ1v) is 7.38. The summed E-state index contributed by atoms with van der Waals surface area (Å²) in [5, 5.41) is 9.18. The molecule has 0 aliphatic carbocycles. The number of benzene rings is 1. The van der Waals surface area contributed by atoms with Crippen molar-refractivity contribution >= 4 is 11.0 Å². The summed E-state index contributed by atoms with van der Waals surface area (Å²) in [6, 6.07) is 8.19. The molecule has 0 bridgehead atoms. The summed E-state index contributed by atoms with van der Waals surface area (Å²) >= 11 is 0. The quantitative estimate of drug-likeness (QED) is 0.781. The second-order valence-electron chi connectivity index (χ2n) is 5.36. The molecule has 0 fully saturated rings. The second kappa shape index (κ2) is 5.74. The van der Waals surface area contributed by atoms with Gasteiger partial charge in [0.1, 0.15) is 11.3 Å². The molecule has 0 spiro atoms. The summed E-state index contributed by atoms with van der Waals surface area (Å²) in [6.45, 7) is 5.80. The largest absolute Gasteiger partial charge is 0.461 e. The highest BCUT2D eigenvalue weighted by atomic mass is 16.3. The summed E-state index contributed by atoms with van der Waals surface area (Å²) in [4.78, 5) is 0. The molecule has 0 radical (unpaired) electrons. The van der Waals surface area contributed by atoms with Gasteiger partial charge in [0.15, 0.2) is 0 Å². The Balaban J connectivity index is 1.73. The van der Waals surface area contributed by atoms with Crippen molar-refractivity contribution in [3.05, 3.63) is 53.0 Å². The van der Waals surface area contributed by atoms with Crippen molar-refractivity contribution in [2.75, 3.05) is 0 Å². The third-order valence-electron chi connectivity index (χ3n) is 3.84. The van der Waals surface area contributed by atoms with E-state index in [-0.39, 0.29) is 0 Å². The Kier molecular flexibility index (Phi) is 3.80. The standard InChI is InChI=1S/C17H21N3O/c1-4-16-13(11-20(3)19-16)9-18-10-15-12(2)21-17-8-6-5-7-14(15)17/h5-8,11,18H,4,9-10H2,1-3H3. The maximum absolute atomic E-state index is 5.79.